The van der Waals surface area contributed by atoms with Crippen LogP contribution in [0, 0.1) is 27.7 Å². The maximum atomic E-state index is 5.37. The van der Waals surface area contributed by atoms with Gasteiger partial charge in [0.05, 0.1) is 23.3 Å². The largest absolute Gasteiger partial charge is 2.00 e. The van der Waals surface area contributed by atoms with Crippen molar-refractivity contribution in [1.29, 1.82) is 0 Å². The van der Waals surface area contributed by atoms with Gasteiger partial charge in [0, 0.05) is 55.6 Å². The Morgan fingerprint density at radius 2 is 0.639 bits per heavy atom. The summed E-state index contributed by atoms with van der Waals surface area (Å²) in [7, 11) is 0. The van der Waals surface area contributed by atoms with Gasteiger partial charge in [-0.3, -0.25) is 0 Å². The van der Waals surface area contributed by atoms with Gasteiger partial charge in [-0.05, 0) is 81.6 Å². The molecule has 2 aliphatic rings. The first-order chi connectivity index (χ1) is 29.3. The molecule has 8 aromatic carbocycles. The predicted molar refractivity (Wildman–Crippen MR) is 243 cm³/mol. The molecule has 0 unspecified atom stereocenters. The van der Waals surface area contributed by atoms with Crippen LogP contribution in [0.15, 0.2) is 121 Å². The third-order valence-corrected chi connectivity index (χ3v) is 12.3. The maximum absolute atomic E-state index is 5.37. The van der Waals surface area contributed by atoms with Gasteiger partial charge in [0.15, 0.2) is 0 Å². The number of benzene rings is 8. The van der Waals surface area contributed by atoms with E-state index in [0.29, 0.717) is 45.9 Å². The average molecular weight is 825 g/mol. The van der Waals surface area contributed by atoms with Crippen LogP contribution < -0.4 is 9.97 Å². The number of hydrogen-bond acceptors (Lipinski definition) is 6. The first kappa shape index (κ1) is 35.6. The van der Waals surface area contributed by atoms with Gasteiger partial charge >= 0.3 is 17.1 Å². The van der Waals surface area contributed by atoms with Gasteiger partial charge in [-0.15, -0.1) is 0 Å². The molecule has 0 aliphatic carbocycles. The van der Waals surface area contributed by atoms with E-state index in [1.165, 1.54) is 0 Å². The molecule has 3 aromatic heterocycles. The zero-order valence-electron chi connectivity index (χ0n) is 33.5. The third-order valence-electron chi connectivity index (χ3n) is 12.3. The number of aryl methyl sites for hydroxylation is 4. The van der Waals surface area contributed by atoms with Crippen molar-refractivity contribution in [1.82, 2.24) is 39.9 Å². The van der Waals surface area contributed by atoms with E-state index in [1.807, 2.05) is 0 Å². The van der Waals surface area contributed by atoms with Crippen molar-refractivity contribution < 1.29 is 17.1 Å². The van der Waals surface area contributed by atoms with Gasteiger partial charge in [-0.25, -0.2) is 9.97 Å². The molecule has 0 fully saturated rings. The second kappa shape index (κ2) is 12.8. The summed E-state index contributed by atoms with van der Waals surface area (Å²) >= 11 is 0. The summed E-state index contributed by atoms with van der Waals surface area (Å²) < 4.78 is 0. The zero-order valence-corrected chi connectivity index (χ0v) is 34.6. The summed E-state index contributed by atoms with van der Waals surface area (Å²) in [6.45, 7) is 8.44. The van der Waals surface area contributed by atoms with Crippen molar-refractivity contribution in [2.24, 2.45) is 0 Å². The van der Waals surface area contributed by atoms with Crippen molar-refractivity contribution in [2.45, 2.75) is 27.7 Å². The number of nitrogens with zero attached hydrogens (tertiary/aromatic N) is 8. The summed E-state index contributed by atoms with van der Waals surface area (Å²) in [4.78, 5) is 42.5. The van der Waals surface area contributed by atoms with E-state index in [1.54, 1.807) is 0 Å². The van der Waals surface area contributed by atoms with E-state index in [4.69, 9.17) is 39.9 Å². The number of hydrogen-bond donors (Lipinski definition) is 0. The molecule has 8 nitrogen and oxygen atoms in total. The minimum atomic E-state index is 0. The molecule has 5 heterocycles. The topological polar surface area (TPSA) is 106 Å². The van der Waals surface area contributed by atoms with Crippen molar-refractivity contribution in [3.63, 3.8) is 0 Å². The minimum Gasteiger partial charge on any atom is -0.357 e. The Balaban J connectivity index is 0.00000399. The van der Waals surface area contributed by atoms with Crippen LogP contribution in [0.3, 0.4) is 0 Å². The Kier molecular flexibility index (Phi) is 7.50. The van der Waals surface area contributed by atoms with Crippen molar-refractivity contribution in [3.8, 4) is 45.6 Å². The van der Waals surface area contributed by atoms with E-state index in [-0.39, 0.29) is 17.1 Å². The molecular weight excluding hydrogens is 792 g/mol. The fourth-order valence-corrected chi connectivity index (χ4v) is 9.37. The molecule has 0 radical (unpaired) electrons. The molecule has 0 amide bonds. The maximum Gasteiger partial charge on any atom is 2.00 e. The van der Waals surface area contributed by atoms with Gasteiger partial charge in [0.2, 0.25) is 0 Å². The van der Waals surface area contributed by atoms with Crippen LogP contribution in [0.4, 0.5) is 0 Å². The molecule has 0 atom stereocenters. The van der Waals surface area contributed by atoms with Crippen LogP contribution in [-0.2, 0) is 17.1 Å². The Labute approximate surface area is 359 Å². The molecule has 8 bridgehead atoms. The van der Waals surface area contributed by atoms with Crippen molar-refractivity contribution in [3.05, 3.63) is 144 Å². The van der Waals surface area contributed by atoms with Crippen LogP contribution >= 0.6 is 0 Å². The molecule has 2 aliphatic heterocycles. The number of rotatable bonds is 0. The molecule has 0 spiro atoms. The van der Waals surface area contributed by atoms with E-state index in [9.17, 15) is 0 Å². The van der Waals surface area contributed by atoms with Gasteiger partial charge in [0.1, 0.15) is 0 Å². The monoisotopic (exact) mass is 824 g/mol. The fourth-order valence-electron chi connectivity index (χ4n) is 9.37. The van der Waals surface area contributed by atoms with Crippen molar-refractivity contribution >= 4 is 87.2 Å². The van der Waals surface area contributed by atoms with E-state index < -0.39 is 0 Å². The molecular formula is C52H32FeN8. The SMILES string of the molecule is Cc1ccc2ccc3c(c2c1)-c1nc-3nc2[n-]c(nc3nc(nc4[n-]c(n1)c1ccc5ccc(C)cc5c41)-c1ccc4ccc(C)cc4c1-3)c1ccc3ccc(C)cc3c21.[Fe+2]. The van der Waals surface area contributed by atoms with Gasteiger partial charge in [-0.2, -0.15) is 0 Å². The molecule has 61 heavy (non-hydrogen) atoms. The summed E-state index contributed by atoms with van der Waals surface area (Å²) in [5.41, 5.74) is 10.4. The Morgan fingerprint density at radius 3 is 1.05 bits per heavy atom. The van der Waals surface area contributed by atoms with E-state index in [2.05, 4.69) is 149 Å². The summed E-state index contributed by atoms with van der Waals surface area (Å²) in [5, 5.41) is 12.2. The quantitative estimate of drug-likeness (QED) is 0.139. The van der Waals surface area contributed by atoms with Crippen LogP contribution in [0.5, 0.6) is 0 Å². The molecule has 9 heteroatoms. The Hall–Kier alpha value is -7.32. The minimum absolute atomic E-state index is 0. The predicted octanol–water partition coefficient (Wildman–Crippen LogP) is 12.0. The molecule has 288 valence electrons. The number of aromatic nitrogens is 8. The second-order valence-electron chi connectivity index (χ2n) is 16.3. The zero-order chi connectivity index (χ0) is 40.0. The normalized spacial score (nSPS) is 12.1. The molecule has 13 rings (SSSR count). The van der Waals surface area contributed by atoms with Crippen molar-refractivity contribution in [2.75, 3.05) is 0 Å². The standard InChI is InChI=1S/C52H32N8.Fe/c1-25-5-9-29-13-17-33-41(37(29)21-25)49-53-45(33)58-50-43-35(19-15-31-11-7-27(3)23-39(31)43)47(55-50)60-52-44-36(20-16-32-12-8-28(4)24-40(32)44)48(56-52)59-51-42-34(46(54-51)57-49)18-14-30-10-6-26(2)22-38(30)42;/h5-24H,1-4H3;/q-2;+2. The van der Waals surface area contributed by atoms with E-state index in [0.717, 1.165) is 109 Å². The molecule has 0 saturated heterocycles. The van der Waals surface area contributed by atoms with Crippen LogP contribution in [0.2, 0.25) is 0 Å². The van der Waals surface area contributed by atoms with Gasteiger partial charge < -0.3 is 29.9 Å². The van der Waals surface area contributed by atoms with Gasteiger partial charge in [-0.1, -0.05) is 144 Å². The third kappa shape index (κ3) is 5.24. The average Bonchev–Trinajstić information content (AvgIpc) is 3.99. The summed E-state index contributed by atoms with van der Waals surface area (Å²) in [6, 6.07) is 42.9. The smallest absolute Gasteiger partial charge is 0.357 e. The Morgan fingerprint density at radius 1 is 0.311 bits per heavy atom. The molecule has 0 saturated carbocycles. The Bertz CT molecular complexity index is 3700. The summed E-state index contributed by atoms with van der Waals surface area (Å²) in [5.74, 6) is 2.17. The van der Waals surface area contributed by atoms with Crippen LogP contribution in [-0.4, -0.2) is 29.9 Å². The first-order valence-corrected chi connectivity index (χ1v) is 20.2. The van der Waals surface area contributed by atoms with Crippen LogP contribution in [0.1, 0.15) is 22.3 Å². The fraction of sp³-hybridized carbons (Fsp3) is 0.0769. The van der Waals surface area contributed by atoms with Gasteiger partial charge in [0.25, 0.3) is 0 Å². The second-order valence-corrected chi connectivity index (χ2v) is 16.3. The van der Waals surface area contributed by atoms with E-state index >= 15 is 0 Å². The first-order valence-electron chi connectivity index (χ1n) is 20.2. The number of fused-ring (bicyclic) bond motifs is 28. The summed E-state index contributed by atoms with van der Waals surface area (Å²) in [6.07, 6.45) is 0. The van der Waals surface area contributed by atoms with Crippen LogP contribution in [0.25, 0.3) is 133 Å². The molecule has 11 aromatic rings. The molecule has 0 N–H and O–H groups in total.